The minimum absolute atomic E-state index is 0.0598. The standard InChI is InChI=1S/C14H18N4OS/c1-8-5-10(9(2)15-8)6-18-4-3-12-11(7-18)13(19)17-14(20)16-12/h5,15H,3-4,6-7H2,1-2H3,(H2,16,17,19,20). The zero-order valence-corrected chi connectivity index (χ0v) is 12.5. The van der Waals surface area contributed by atoms with Crippen molar-refractivity contribution in [3.05, 3.63) is 49.4 Å². The van der Waals surface area contributed by atoms with Gasteiger partial charge in [0.05, 0.1) is 5.56 Å². The number of aromatic amines is 3. The number of aryl methyl sites for hydroxylation is 2. The van der Waals surface area contributed by atoms with Gasteiger partial charge in [0.1, 0.15) is 0 Å². The van der Waals surface area contributed by atoms with E-state index in [1.807, 2.05) is 0 Å². The first-order valence-electron chi connectivity index (χ1n) is 6.74. The molecule has 0 radical (unpaired) electrons. The summed E-state index contributed by atoms with van der Waals surface area (Å²) in [6, 6.07) is 2.17. The highest BCUT2D eigenvalue weighted by molar-refractivity contribution is 7.71. The van der Waals surface area contributed by atoms with Crippen LogP contribution in [-0.2, 0) is 19.5 Å². The zero-order chi connectivity index (χ0) is 14.3. The van der Waals surface area contributed by atoms with E-state index in [0.29, 0.717) is 11.3 Å². The first-order chi connectivity index (χ1) is 9.52. The third-order valence-electron chi connectivity index (χ3n) is 3.84. The van der Waals surface area contributed by atoms with E-state index in [9.17, 15) is 4.79 Å². The summed E-state index contributed by atoms with van der Waals surface area (Å²) in [6.07, 6.45) is 0.839. The fourth-order valence-corrected chi connectivity index (χ4v) is 3.05. The highest BCUT2D eigenvalue weighted by atomic mass is 32.1. The number of nitrogens with one attached hydrogen (secondary N) is 3. The number of nitrogens with zero attached hydrogens (tertiary/aromatic N) is 1. The summed E-state index contributed by atoms with van der Waals surface area (Å²) in [7, 11) is 0. The molecule has 106 valence electrons. The highest BCUT2D eigenvalue weighted by Crippen LogP contribution is 2.18. The van der Waals surface area contributed by atoms with Gasteiger partial charge < -0.3 is 9.97 Å². The molecule has 0 atom stereocenters. The largest absolute Gasteiger partial charge is 0.362 e. The van der Waals surface area contributed by atoms with Gasteiger partial charge in [0.25, 0.3) is 5.56 Å². The molecule has 3 N–H and O–H groups in total. The third-order valence-corrected chi connectivity index (χ3v) is 4.04. The minimum atomic E-state index is -0.0598. The molecule has 0 unspecified atom stereocenters. The molecule has 0 spiro atoms. The summed E-state index contributed by atoms with van der Waals surface area (Å²) in [5.41, 5.74) is 5.42. The molecule has 3 heterocycles. The molecule has 0 aromatic carbocycles. The topological polar surface area (TPSA) is 67.7 Å². The second-order valence-corrected chi connectivity index (χ2v) is 5.84. The van der Waals surface area contributed by atoms with Crippen LogP contribution >= 0.6 is 12.2 Å². The molecule has 2 aromatic rings. The Morgan fingerprint density at radius 1 is 1.30 bits per heavy atom. The Kier molecular flexibility index (Phi) is 3.35. The lowest BCUT2D eigenvalue weighted by Gasteiger charge is -2.27. The van der Waals surface area contributed by atoms with Crippen molar-refractivity contribution in [3.8, 4) is 0 Å². The Balaban J connectivity index is 1.84. The molecule has 0 amide bonds. The van der Waals surface area contributed by atoms with Gasteiger partial charge in [-0.05, 0) is 37.7 Å². The summed E-state index contributed by atoms with van der Waals surface area (Å²) in [5, 5.41) is 0. The number of hydrogen-bond acceptors (Lipinski definition) is 3. The monoisotopic (exact) mass is 290 g/mol. The van der Waals surface area contributed by atoms with Crippen molar-refractivity contribution >= 4 is 12.2 Å². The van der Waals surface area contributed by atoms with Crippen LogP contribution in [0.1, 0.15) is 28.2 Å². The Bertz CT molecular complexity index is 755. The van der Waals surface area contributed by atoms with Crippen LogP contribution < -0.4 is 5.56 Å². The smallest absolute Gasteiger partial charge is 0.256 e. The van der Waals surface area contributed by atoms with Crippen molar-refractivity contribution in [3.63, 3.8) is 0 Å². The number of H-pyrrole nitrogens is 3. The molecule has 0 bridgehead atoms. The number of rotatable bonds is 2. The molecule has 6 heteroatoms. The zero-order valence-electron chi connectivity index (χ0n) is 11.7. The Labute approximate surface area is 122 Å². The number of hydrogen-bond donors (Lipinski definition) is 3. The molecule has 5 nitrogen and oxygen atoms in total. The average molecular weight is 290 g/mol. The summed E-state index contributed by atoms with van der Waals surface area (Å²) >= 11 is 5.01. The van der Waals surface area contributed by atoms with Gasteiger partial charge in [-0.25, -0.2) is 0 Å². The van der Waals surface area contributed by atoms with Crippen LogP contribution in [-0.4, -0.2) is 26.4 Å². The Hall–Kier alpha value is -1.66. The van der Waals surface area contributed by atoms with E-state index >= 15 is 0 Å². The molecule has 0 saturated carbocycles. The molecule has 3 rings (SSSR count). The second-order valence-electron chi connectivity index (χ2n) is 5.43. The van der Waals surface area contributed by atoms with Crippen molar-refractivity contribution in [2.24, 2.45) is 0 Å². The fraction of sp³-hybridized carbons (Fsp3) is 0.429. The summed E-state index contributed by atoms with van der Waals surface area (Å²) in [4.78, 5) is 23.4. The highest BCUT2D eigenvalue weighted by Gasteiger charge is 2.20. The van der Waals surface area contributed by atoms with Crippen LogP contribution in [0.15, 0.2) is 10.9 Å². The van der Waals surface area contributed by atoms with Gasteiger partial charge in [0.2, 0.25) is 0 Å². The molecule has 2 aromatic heterocycles. The number of fused-ring (bicyclic) bond motifs is 1. The Morgan fingerprint density at radius 3 is 2.80 bits per heavy atom. The van der Waals surface area contributed by atoms with E-state index in [-0.39, 0.29) is 5.56 Å². The normalized spacial score (nSPS) is 15.3. The predicted molar refractivity (Wildman–Crippen MR) is 80.3 cm³/mol. The van der Waals surface area contributed by atoms with Crippen LogP contribution in [0.5, 0.6) is 0 Å². The molecule has 0 aliphatic carbocycles. The maximum absolute atomic E-state index is 12.0. The van der Waals surface area contributed by atoms with E-state index in [4.69, 9.17) is 12.2 Å². The number of aromatic nitrogens is 3. The first kappa shape index (κ1) is 13.3. The van der Waals surface area contributed by atoms with Crippen molar-refractivity contribution in [2.75, 3.05) is 6.54 Å². The van der Waals surface area contributed by atoms with E-state index in [2.05, 4.69) is 39.8 Å². The van der Waals surface area contributed by atoms with Crippen LogP contribution in [0.4, 0.5) is 0 Å². The summed E-state index contributed by atoms with van der Waals surface area (Å²) in [5.74, 6) is 0. The molecular weight excluding hydrogens is 272 g/mol. The molecule has 20 heavy (non-hydrogen) atoms. The van der Waals surface area contributed by atoms with Gasteiger partial charge in [0, 0.05) is 43.1 Å². The van der Waals surface area contributed by atoms with Crippen molar-refractivity contribution < 1.29 is 0 Å². The van der Waals surface area contributed by atoms with Gasteiger partial charge in [0.15, 0.2) is 4.77 Å². The summed E-state index contributed by atoms with van der Waals surface area (Å²) in [6.45, 7) is 6.62. The van der Waals surface area contributed by atoms with Gasteiger partial charge in [-0.15, -0.1) is 0 Å². The van der Waals surface area contributed by atoms with E-state index in [0.717, 1.165) is 30.8 Å². The minimum Gasteiger partial charge on any atom is -0.362 e. The van der Waals surface area contributed by atoms with Crippen LogP contribution in [0.25, 0.3) is 0 Å². The maximum atomic E-state index is 12.0. The second kappa shape index (κ2) is 5.03. The maximum Gasteiger partial charge on any atom is 0.256 e. The molecule has 0 fully saturated rings. The summed E-state index contributed by atoms with van der Waals surface area (Å²) < 4.78 is 0.416. The van der Waals surface area contributed by atoms with Gasteiger partial charge in [-0.3, -0.25) is 14.7 Å². The van der Waals surface area contributed by atoms with Crippen molar-refractivity contribution in [2.45, 2.75) is 33.4 Å². The van der Waals surface area contributed by atoms with Gasteiger partial charge >= 0.3 is 0 Å². The fourth-order valence-electron chi connectivity index (χ4n) is 2.83. The van der Waals surface area contributed by atoms with Crippen LogP contribution in [0.3, 0.4) is 0 Å². The quantitative estimate of drug-likeness (QED) is 0.740. The first-order valence-corrected chi connectivity index (χ1v) is 7.15. The average Bonchev–Trinajstić information content (AvgIpc) is 2.68. The van der Waals surface area contributed by atoms with E-state index in [1.54, 1.807) is 0 Å². The van der Waals surface area contributed by atoms with Gasteiger partial charge in [-0.2, -0.15) is 0 Å². The van der Waals surface area contributed by atoms with Crippen LogP contribution in [0, 0.1) is 18.6 Å². The molecule has 1 aliphatic heterocycles. The van der Waals surface area contributed by atoms with Crippen molar-refractivity contribution in [1.29, 1.82) is 0 Å². The molecular formula is C14H18N4OS. The van der Waals surface area contributed by atoms with Gasteiger partial charge in [-0.1, -0.05) is 0 Å². The van der Waals surface area contributed by atoms with Crippen LogP contribution in [0.2, 0.25) is 0 Å². The lowest BCUT2D eigenvalue weighted by molar-refractivity contribution is 0.241. The predicted octanol–water partition coefficient (Wildman–Crippen LogP) is 1.94. The molecule has 1 aliphatic rings. The third kappa shape index (κ3) is 2.48. The Morgan fingerprint density at radius 2 is 2.10 bits per heavy atom. The lowest BCUT2D eigenvalue weighted by Crippen LogP contribution is -2.35. The van der Waals surface area contributed by atoms with Crippen molar-refractivity contribution in [1.82, 2.24) is 19.9 Å². The van der Waals surface area contributed by atoms with E-state index < -0.39 is 0 Å². The lowest BCUT2D eigenvalue weighted by atomic mass is 10.1. The SMILES string of the molecule is Cc1cc(CN2CCc3[nH]c(=S)[nH]c(=O)c3C2)c(C)[nH]1. The molecule has 0 saturated heterocycles. The van der Waals surface area contributed by atoms with E-state index in [1.165, 1.54) is 17.0 Å².